The Bertz CT molecular complexity index is 903. The molecular weight excluding hydrogens is 312 g/mol. The van der Waals surface area contributed by atoms with E-state index in [0.29, 0.717) is 5.69 Å². The number of fused-ring (bicyclic) bond motifs is 1. The quantitative estimate of drug-likeness (QED) is 0.774. The second-order valence-electron chi connectivity index (χ2n) is 6.10. The highest BCUT2D eigenvalue weighted by Gasteiger charge is 2.16. The zero-order chi connectivity index (χ0) is 17.1. The molecule has 1 fully saturated rings. The normalized spacial score (nSPS) is 14.5. The van der Waals surface area contributed by atoms with Gasteiger partial charge in [-0.05, 0) is 24.3 Å². The van der Waals surface area contributed by atoms with Crippen LogP contribution in [-0.2, 0) is 0 Å². The second kappa shape index (κ2) is 6.91. The Kier molecular flexibility index (Phi) is 4.31. The maximum absolute atomic E-state index is 12.7. The third-order valence-corrected chi connectivity index (χ3v) is 4.44. The first-order chi connectivity index (χ1) is 12.3. The minimum Gasteiger partial charge on any atom is -0.367 e. The van der Waals surface area contributed by atoms with Crippen molar-refractivity contribution in [2.75, 3.05) is 36.4 Å². The minimum atomic E-state index is -0.187. The lowest BCUT2D eigenvalue weighted by atomic mass is 10.2. The number of amides is 1. The molecule has 3 aromatic rings. The van der Waals surface area contributed by atoms with Crippen molar-refractivity contribution in [3.63, 3.8) is 0 Å². The third kappa shape index (κ3) is 3.32. The zero-order valence-corrected chi connectivity index (χ0v) is 13.9. The van der Waals surface area contributed by atoms with Crippen molar-refractivity contribution in [3.05, 3.63) is 66.4 Å². The molecule has 1 amide bonds. The van der Waals surface area contributed by atoms with Gasteiger partial charge in [0.2, 0.25) is 0 Å². The zero-order valence-electron chi connectivity index (χ0n) is 13.9. The predicted octanol–water partition coefficient (Wildman–Crippen LogP) is 2.90. The Morgan fingerprint density at radius 3 is 2.60 bits per heavy atom. The summed E-state index contributed by atoms with van der Waals surface area (Å²) < 4.78 is 0. The van der Waals surface area contributed by atoms with Crippen LogP contribution in [0.5, 0.6) is 0 Å². The number of para-hydroxylation sites is 3. The van der Waals surface area contributed by atoms with Gasteiger partial charge in [0.1, 0.15) is 5.69 Å². The molecule has 0 unspecified atom stereocenters. The molecule has 0 spiro atoms. The summed E-state index contributed by atoms with van der Waals surface area (Å²) in [6, 6.07) is 19.4. The van der Waals surface area contributed by atoms with Crippen LogP contribution in [0.1, 0.15) is 10.5 Å². The molecule has 1 aliphatic heterocycles. The van der Waals surface area contributed by atoms with Crippen LogP contribution < -0.4 is 15.5 Å². The highest BCUT2D eigenvalue weighted by Crippen LogP contribution is 2.26. The summed E-state index contributed by atoms with van der Waals surface area (Å²) in [5.41, 5.74) is 3.13. The first-order valence-electron chi connectivity index (χ1n) is 8.53. The molecule has 2 N–H and O–H groups in total. The van der Waals surface area contributed by atoms with E-state index in [9.17, 15) is 4.79 Å². The number of anilines is 2. The van der Waals surface area contributed by atoms with Crippen molar-refractivity contribution >= 4 is 28.2 Å². The summed E-state index contributed by atoms with van der Waals surface area (Å²) in [7, 11) is 0. The van der Waals surface area contributed by atoms with Crippen LogP contribution in [0.4, 0.5) is 11.4 Å². The Morgan fingerprint density at radius 2 is 1.72 bits per heavy atom. The van der Waals surface area contributed by atoms with Gasteiger partial charge >= 0.3 is 0 Å². The van der Waals surface area contributed by atoms with Gasteiger partial charge in [-0.1, -0.05) is 36.4 Å². The fourth-order valence-electron chi connectivity index (χ4n) is 3.14. The Labute approximate surface area is 146 Å². The Hall–Kier alpha value is -2.92. The molecule has 0 aliphatic carbocycles. The molecule has 4 rings (SSSR count). The molecule has 2 heterocycles. The van der Waals surface area contributed by atoms with E-state index in [2.05, 4.69) is 26.6 Å². The van der Waals surface area contributed by atoms with E-state index < -0.39 is 0 Å². The van der Waals surface area contributed by atoms with Crippen molar-refractivity contribution < 1.29 is 4.79 Å². The molecule has 25 heavy (non-hydrogen) atoms. The van der Waals surface area contributed by atoms with Crippen LogP contribution in [0.3, 0.4) is 0 Å². The standard InChI is InChI=1S/C20H20N4O/c25-20(18-10-9-15-5-1-2-6-16(15)22-18)23-17-7-3-4-8-19(17)24-13-11-21-12-14-24/h1-10,21H,11-14H2,(H,23,25). The number of piperazine rings is 1. The molecule has 5 heteroatoms. The summed E-state index contributed by atoms with van der Waals surface area (Å²) in [5, 5.41) is 7.40. The molecule has 126 valence electrons. The topological polar surface area (TPSA) is 57.3 Å². The SMILES string of the molecule is O=C(Nc1ccccc1N1CCNCC1)c1ccc2ccccc2n1. The lowest BCUT2D eigenvalue weighted by Crippen LogP contribution is -2.43. The molecule has 0 atom stereocenters. The number of carbonyl (C=O) groups is 1. The maximum atomic E-state index is 12.7. The van der Waals surface area contributed by atoms with Crippen molar-refractivity contribution in [1.29, 1.82) is 0 Å². The van der Waals surface area contributed by atoms with Gasteiger partial charge in [0.05, 0.1) is 16.9 Å². The fourth-order valence-corrected chi connectivity index (χ4v) is 3.14. The van der Waals surface area contributed by atoms with Gasteiger partial charge in [-0.2, -0.15) is 0 Å². The molecule has 0 radical (unpaired) electrons. The van der Waals surface area contributed by atoms with Crippen molar-refractivity contribution in [1.82, 2.24) is 10.3 Å². The number of pyridine rings is 1. The number of carbonyl (C=O) groups excluding carboxylic acids is 1. The second-order valence-corrected chi connectivity index (χ2v) is 6.10. The number of nitrogens with zero attached hydrogens (tertiary/aromatic N) is 2. The van der Waals surface area contributed by atoms with Gasteiger partial charge in [0, 0.05) is 31.6 Å². The number of nitrogens with one attached hydrogen (secondary N) is 2. The average Bonchev–Trinajstić information content (AvgIpc) is 2.68. The smallest absolute Gasteiger partial charge is 0.274 e. The van der Waals surface area contributed by atoms with Crippen molar-refractivity contribution in [2.24, 2.45) is 0 Å². The van der Waals surface area contributed by atoms with E-state index >= 15 is 0 Å². The van der Waals surface area contributed by atoms with Crippen molar-refractivity contribution in [3.8, 4) is 0 Å². The lowest BCUT2D eigenvalue weighted by Gasteiger charge is -2.31. The fraction of sp³-hybridized carbons (Fsp3) is 0.200. The molecule has 1 aromatic heterocycles. The van der Waals surface area contributed by atoms with E-state index in [1.807, 2.05) is 48.5 Å². The minimum absolute atomic E-state index is 0.187. The Balaban J connectivity index is 1.59. The summed E-state index contributed by atoms with van der Waals surface area (Å²) in [6.07, 6.45) is 0. The van der Waals surface area contributed by atoms with Gasteiger partial charge < -0.3 is 15.5 Å². The van der Waals surface area contributed by atoms with Gasteiger partial charge in [0.15, 0.2) is 0 Å². The summed E-state index contributed by atoms with van der Waals surface area (Å²) in [6.45, 7) is 3.77. The number of benzene rings is 2. The first kappa shape index (κ1) is 15.6. The molecular formula is C20H20N4O. The number of hydrogen-bond donors (Lipinski definition) is 2. The molecule has 2 aromatic carbocycles. The Morgan fingerprint density at radius 1 is 0.960 bits per heavy atom. The molecule has 5 nitrogen and oxygen atoms in total. The summed E-state index contributed by atoms with van der Waals surface area (Å²) in [4.78, 5) is 19.5. The first-order valence-corrected chi connectivity index (χ1v) is 8.53. The third-order valence-electron chi connectivity index (χ3n) is 4.44. The molecule has 1 aliphatic rings. The van der Waals surface area contributed by atoms with Crippen LogP contribution in [-0.4, -0.2) is 37.1 Å². The van der Waals surface area contributed by atoms with E-state index in [0.717, 1.165) is 48.5 Å². The van der Waals surface area contributed by atoms with Gasteiger partial charge in [-0.25, -0.2) is 4.98 Å². The monoisotopic (exact) mass is 332 g/mol. The van der Waals surface area contributed by atoms with Crippen LogP contribution in [0.15, 0.2) is 60.7 Å². The van der Waals surface area contributed by atoms with Gasteiger partial charge in [-0.15, -0.1) is 0 Å². The van der Waals surface area contributed by atoms with E-state index in [1.54, 1.807) is 6.07 Å². The van der Waals surface area contributed by atoms with Gasteiger partial charge in [-0.3, -0.25) is 4.79 Å². The summed E-state index contributed by atoms with van der Waals surface area (Å²) in [5.74, 6) is -0.187. The number of hydrogen-bond acceptors (Lipinski definition) is 4. The highest BCUT2D eigenvalue weighted by molar-refractivity contribution is 6.05. The van der Waals surface area contributed by atoms with Crippen LogP contribution in [0.2, 0.25) is 0 Å². The number of aromatic nitrogens is 1. The molecule has 1 saturated heterocycles. The molecule has 0 saturated carbocycles. The van der Waals surface area contributed by atoms with Crippen LogP contribution >= 0.6 is 0 Å². The van der Waals surface area contributed by atoms with Crippen LogP contribution in [0.25, 0.3) is 10.9 Å². The lowest BCUT2D eigenvalue weighted by molar-refractivity contribution is 0.102. The highest BCUT2D eigenvalue weighted by atomic mass is 16.1. The van der Waals surface area contributed by atoms with Crippen LogP contribution in [0, 0.1) is 0 Å². The average molecular weight is 332 g/mol. The van der Waals surface area contributed by atoms with E-state index in [-0.39, 0.29) is 5.91 Å². The predicted molar refractivity (Wildman–Crippen MR) is 101 cm³/mol. The maximum Gasteiger partial charge on any atom is 0.274 e. The molecule has 0 bridgehead atoms. The number of rotatable bonds is 3. The van der Waals surface area contributed by atoms with Gasteiger partial charge in [0.25, 0.3) is 5.91 Å². The van der Waals surface area contributed by atoms with E-state index in [4.69, 9.17) is 0 Å². The summed E-state index contributed by atoms with van der Waals surface area (Å²) >= 11 is 0. The van der Waals surface area contributed by atoms with Crippen molar-refractivity contribution in [2.45, 2.75) is 0 Å². The van der Waals surface area contributed by atoms with E-state index in [1.165, 1.54) is 0 Å². The largest absolute Gasteiger partial charge is 0.367 e.